The molecule has 0 spiro atoms. The van der Waals surface area contributed by atoms with Crippen LogP contribution >= 0.6 is 12.4 Å². The van der Waals surface area contributed by atoms with Gasteiger partial charge in [-0.25, -0.2) is 13.6 Å². The Bertz CT molecular complexity index is 3540. The van der Waals surface area contributed by atoms with Gasteiger partial charge >= 0.3 is 173 Å². The van der Waals surface area contributed by atoms with Crippen LogP contribution in [0.25, 0.3) is 21.8 Å². The van der Waals surface area contributed by atoms with E-state index in [0.717, 1.165) is 75.6 Å². The molecule has 21 nitrogen and oxygen atoms in total. The number of carbonyl (C=O) groups is 7. The number of methoxy groups -OCH3 is 2. The summed E-state index contributed by atoms with van der Waals surface area (Å²) in [5.74, 6) is -4.04. The SMILES string of the molecule is CC(C)(CC[I-]N)C(=O)O.CC(C)(CN1C(=O)[C@@H]2Cc3c(n(Cc4ccc(F)cc4)c4ccccc34)CN2C1=O)C(=O)O.COC(=O)C(C)(C)CC[I-]N.COC(=O)C(C)(C)COC#N.Cl.O=C(O)C1Cc2c(n(Cc3ccc(F)cc3)c3ccccc23)CN1. The van der Waals surface area contributed by atoms with Crippen molar-refractivity contribution in [2.24, 2.45) is 29.6 Å². The number of rotatable bonds is 19. The van der Waals surface area contributed by atoms with Crippen LogP contribution in [0.2, 0.25) is 0 Å². The van der Waals surface area contributed by atoms with Gasteiger partial charge in [-0.05, 0) is 86.3 Å². The molecule has 2 atom stereocenters. The third kappa shape index (κ3) is 19.3. The second kappa shape index (κ2) is 33.4. The fraction of sp³-hybridized carbons (Fsp3) is 0.438. The molecule has 6 aromatic rings. The summed E-state index contributed by atoms with van der Waals surface area (Å²) in [6, 6.07) is 27.1. The predicted molar refractivity (Wildman–Crippen MR) is 328 cm³/mol. The number of urea groups is 1. The van der Waals surface area contributed by atoms with Crippen molar-refractivity contribution in [2.75, 3.05) is 36.2 Å². The number of alkyl halides is 2. The molecule has 5 heterocycles. The van der Waals surface area contributed by atoms with Crippen molar-refractivity contribution in [1.29, 1.82) is 5.26 Å². The first-order valence-corrected chi connectivity index (χ1v) is 33.9. The van der Waals surface area contributed by atoms with Crippen molar-refractivity contribution in [2.45, 2.75) is 119 Å². The Balaban J connectivity index is 0.000000265. The van der Waals surface area contributed by atoms with Crippen LogP contribution in [0.5, 0.6) is 0 Å². The van der Waals surface area contributed by atoms with E-state index in [-0.39, 0.29) is 110 Å². The van der Waals surface area contributed by atoms with Gasteiger partial charge in [0.25, 0.3) is 12.2 Å². The number of nitrogens with one attached hydrogen (secondary N) is 1. The number of para-hydroxylation sites is 2. The molecule has 8 N–H and O–H groups in total. The van der Waals surface area contributed by atoms with E-state index >= 15 is 0 Å². The van der Waals surface area contributed by atoms with Gasteiger partial charge in [-0.15, -0.1) is 12.4 Å². The van der Waals surface area contributed by atoms with Gasteiger partial charge in [0.15, 0.2) is 0 Å². The Kier molecular flexibility index (Phi) is 28.0. The largest absolute Gasteiger partial charge is 0.480 e. The summed E-state index contributed by atoms with van der Waals surface area (Å²) in [6.07, 6.45) is 3.88. The number of fused-ring (bicyclic) bond motifs is 7. The summed E-state index contributed by atoms with van der Waals surface area (Å²) >= 11 is -0.445. The van der Waals surface area contributed by atoms with Crippen molar-refractivity contribution in [3.05, 3.63) is 142 Å². The van der Waals surface area contributed by atoms with Gasteiger partial charge in [-0.3, -0.25) is 29.4 Å². The molecule has 90 heavy (non-hydrogen) atoms. The predicted octanol–water partition coefficient (Wildman–Crippen LogP) is 2.65. The molecule has 0 bridgehead atoms. The van der Waals surface area contributed by atoms with E-state index < -0.39 is 52.3 Å². The summed E-state index contributed by atoms with van der Waals surface area (Å²) < 4.78 is 57.1. The molecule has 3 amide bonds. The Labute approximate surface area is 550 Å². The van der Waals surface area contributed by atoms with Gasteiger partial charge in [-0.2, -0.15) is 5.26 Å². The Hall–Kier alpha value is -6.97. The number of nitrogens with two attached hydrogens (primary N) is 2. The molecule has 3 aliphatic heterocycles. The van der Waals surface area contributed by atoms with Crippen LogP contribution in [-0.2, 0) is 82.0 Å². The van der Waals surface area contributed by atoms with Crippen molar-refractivity contribution in [1.82, 2.24) is 24.3 Å². The number of nitriles is 1. The monoisotopic (exact) mass is 1500 g/mol. The second-order valence-corrected chi connectivity index (χ2v) is 28.0. The summed E-state index contributed by atoms with van der Waals surface area (Å²) in [5, 5.41) is 40.7. The summed E-state index contributed by atoms with van der Waals surface area (Å²) in [7, 11) is 2.72. The number of halogens is 5. The first-order valence-electron chi connectivity index (χ1n) is 28.3. The topological polar surface area (TPSA) is 312 Å². The van der Waals surface area contributed by atoms with Crippen LogP contribution in [0.15, 0.2) is 97.1 Å². The first kappa shape index (κ1) is 75.5. The third-order valence-electron chi connectivity index (χ3n) is 15.6. The van der Waals surface area contributed by atoms with Crippen LogP contribution in [0.1, 0.15) is 102 Å². The minimum absolute atomic E-state index is 0. The maximum atomic E-state index is 13.4. The number of amides is 3. The number of ether oxygens (including phenoxy) is 3. The standard InChI is InChI=1S/C25H24FN3O4.C19H17FN2O2.C7H15INO2.C7H11NO3.C6H13INO2.ClH/c1-25(2,23(31)32)14-29-22(30)20-11-18-17-5-3-4-6-19(17)27(21(18)13-28(20)24(29)33)12-15-7-9-16(26)10-8-15;20-13-7-5-12(6-8-13)11-22-17-4-2-1-3-14(17)15-9-16(19(23)24)21-10-18(15)22;1-7(2,4-5-8-9)6(10)11-3;1-7(2,4-11-5-8)6(9)10-3;1-6(2,5(9)10)3-4-7-8;/h3-10,20H,11-14H2,1-2H3,(H,31,32);1-8,16,21H,9-11H2,(H,23,24);4-5,9H2,1-3H3;4H2,1-3H3;3-4,8H2,1-2H3,(H,9,10);1H/q;;-1;;-1;/t20-;;;;;/m0...../s1. The average molecular weight is 1500 g/mol. The number of carboxylic acids is 3. The molecular formula is C64H81ClF2I2N8O13-2. The zero-order valence-corrected chi connectivity index (χ0v) is 57.2. The van der Waals surface area contributed by atoms with Crippen molar-refractivity contribution >= 4 is 76.0 Å². The number of nitrogens with zero attached hydrogens (tertiary/aromatic N) is 5. The Morgan fingerprint density at radius 1 is 0.656 bits per heavy atom. The van der Waals surface area contributed by atoms with Crippen LogP contribution in [0.3, 0.4) is 0 Å². The number of esters is 2. The molecule has 0 aliphatic carbocycles. The van der Waals surface area contributed by atoms with E-state index in [1.54, 1.807) is 56.9 Å². The molecule has 1 saturated heterocycles. The number of carboxylic acid groups (broad SMARTS) is 3. The number of hydrogen-bond donors (Lipinski definition) is 6. The van der Waals surface area contributed by atoms with E-state index in [2.05, 4.69) is 28.7 Å². The quantitative estimate of drug-likeness (QED) is 0.0170. The van der Waals surface area contributed by atoms with E-state index in [1.807, 2.05) is 62.4 Å². The van der Waals surface area contributed by atoms with Crippen molar-refractivity contribution in [3.63, 3.8) is 0 Å². The smallest absolute Gasteiger partial charge is 0.321 e. The molecular weight excluding hydrogens is 1420 g/mol. The van der Waals surface area contributed by atoms with Gasteiger partial charge in [-0.1, -0.05) is 60.7 Å². The number of carbonyl (C=O) groups excluding carboxylic acids is 4. The molecule has 9 rings (SSSR count). The number of benzene rings is 4. The van der Waals surface area contributed by atoms with E-state index in [1.165, 1.54) is 58.6 Å². The zero-order valence-electron chi connectivity index (χ0n) is 52.1. The fourth-order valence-corrected chi connectivity index (χ4v) is 13.2. The Morgan fingerprint density at radius 3 is 1.54 bits per heavy atom. The second-order valence-electron chi connectivity index (χ2n) is 24.0. The average Bonchev–Trinajstić information content (AvgIpc) is 1.59. The molecule has 3 aliphatic rings. The maximum absolute atomic E-state index is 13.4. The molecule has 0 radical (unpaired) electrons. The molecule has 1 unspecified atom stereocenters. The van der Waals surface area contributed by atoms with Gasteiger partial charge in [0.05, 0.1) is 24.5 Å². The van der Waals surface area contributed by atoms with Gasteiger partial charge < -0.3 is 33.7 Å². The van der Waals surface area contributed by atoms with E-state index in [4.69, 9.17) is 18.3 Å². The van der Waals surface area contributed by atoms with E-state index in [0.29, 0.717) is 38.9 Å². The van der Waals surface area contributed by atoms with Gasteiger partial charge in [0.2, 0.25) is 0 Å². The van der Waals surface area contributed by atoms with Crippen LogP contribution in [-0.4, -0.2) is 124 Å². The molecule has 2 aromatic heterocycles. The first-order chi connectivity index (χ1) is 41.9. The molecule has 26 heteroatoms. The Morgan fingerprint density at radius 2 is 1.10 bits per heavy atom. The maximum Gasteiger partial charge on any atom is 0.321 e. The van der Waals surface area contributed by atoms with Crippen molar-refractivity contribution < 1.29 is 115 Å². The molecule has 0 saturated carbocycles. The normalized spacial score (nSPS) is 15.1. The summed E-state index contributed by atoms with van der Waals surface area (Å²) in [6.45, 7) is 15.3. The molecule has 492 valence electrons. The fourth-order valence-electron chi connectivity index (χ4n) is 9.92. The summed E-state index contributed by atoms with van der Waals surface area (Å²) in [4.78, 5) is 84.4. The number of imide groups is 1. The zero-order chi connectivity index (χ0) is 66.2. The van der Waals surface area contributed by atoms with Crippen LogP contribution < -0.4 is 56.2 Å². The number of hydrogen-bond acceptors (Lipinski definition) is 14. The van der Waals surface area contributed by atoms with Crippen LogP contribution in [0, 0.1) is 44.8 Å². The molecule has 4 aromatic carbocycles. The molecule has 1 fully saturated rings. The van der Waals surface area contributed by atoms with E-state index in [9.17, 15) is 52.6 Å². The van der Waals surface area contributed by atoms with Crippen LogP contribution in [0.4, 0.5) is 13.6 Å². The van der Waals surface area contributed by atoms with Gasteiger partial charge in [0, 0.05) is 72.2 Å². The minimum Gasteiger partial charge on any atom is -0.480 e. The van der Waals surface area contributed by atoms with Crippen molar-refractivity contribution in [3.8, 4) is 6.26 Å². The number of aliphatic carboxylic acids is 3. The summed E-state index contributed by atoms with van der Waals surface area (Å²) in [5.41, 5.74) is 5.27. The van der Waals surface area contributed by atoms with Gasteiger partial charge in [0.1, 0.15) is 30.3 Å². The number of aromatic nitrogens is 2. The minimum atomic E-state index is -1.24. The third-order valence-corrected chi connectivity index (χ3v) is 17.9.